The lowest BCUT2D eigenvalue weighted by atomic mass is 10.1. The number of nitroso groups, excluding NO2 is 1. The van der Waals surface area contributed by atoms with Gasteiger partial charge in [-0.2, -0.15) is 0 Å². The summed E-state index contributed by atoms with van der Waals surface area (Å²) in [4.78, 5) is 49.5. The van der Waals surface area contributed by atoms with Gasteiger partial charge >= 0.3 is 5.97 Å². The topological polar surface area (TPSA) is 150 Å². The van der Waals surface area contributed by atoms with E-state index >= 15 is 0 Å². The van der Waals surface area contributed by atoms with Crippen LogP contribution in [0.3, 0.4) is 0 Å². The summed E-state index contributed by atoms with van der Waals surface area (Å²) in [5.74, 6) is -1.61. The van der Waals surface area contributed by atoms with Crippen molar-refractivity contribution in [3.8, 4) is 0 Å². The molecule has 0 aliphatic heterocycles. The van der Waals surface area contributed by atoms with Gasteiger partial charge in [-0.1, -0.05) is 17.8 Å². The molecule has 1 aromatic heterocycles. The fourth-order valence-electron chi connectivity index (χ4n) is 2.65. The summed E-state index contributed by atoms with van der Waals surface area (Å²) >= 11 is 0.966. The van der Waals surface area contributed by atoms with Crippen LogP contribution < -0.4 is 16.0 Å². The number of aryl methyl sites for hydroxylation is 1. The number of carbonyl (C=O) groups is 3. The quantitative estimate of drug-likeness (QED) is 0.307. The van der Waals surface area contributed by atoms with Crippen LogP contribution in [0.2, 0.25) is 0 Å². The summed E-state index contributed by atoms with van der Waals surface area (Å²) in [6.45, 7) is 3.59. The molecular formula is C19H23N5O5S. The summed E-state index contributed by atoms with van der Waals surface area (Å²) in [6.07, 6.45) is 2.34. The van der Waals surface area contributed by atoms with Crippen molar-refractivity contribution >= 4 is 50.6 Å². The van der Waals surface area contributed by atoms with Gasteiger partial charge in [-0.15, -0.1) is 4.91 Å². The summed E-state index contributed by atoms with van der Waals surface area (Å²) in [7, 11) is 0. The molecule has 2 aromatic rings. The average Bonchev–Trinajstić information content (AvgIpc) is 3.03. The number of nitrogens with one attached hydrogen (secondary N) is 3. The Balaban J connectivity index is 2.05. The molecule has 2 rings (SSSR count). The summed E-state index contributed by atoms with van der Waals surface area (Å²) < 4.78 is 0. The second-order valence-electron chi connectivity index (χ2n) is 6.53. The Labute approximate surface area is 177 Å². The molecule has 10 nitrogen and oxygen atoms in total. The Morgan fingerprint density at radius 2 is 1.93 bits per heavy atom. The molecule has 30 heavy (non-hydrogen) atoms. The Kier molecular flexibility index (Phi) is 8.41. The summed E-state index contributed by atoms with van der Waals surface area (Å²) in [5.41, 5.74) is 1.71. The zero-order valence-electron chi connectivity index (χ0n) is 16.7. The number of aliphatic carboxylic acids is 1. The largest absolute Gasteiger partial charge is 0.481 e. The third-order valence-electron chi connectivity index (χ3n) is 4.05. The van der Waals surface area contributed by atoms with Gasteiger partial charge in [-0.25, -0.2) is 4.98 Å². The first-order chi connectivity index (χ1) is 14.3. The number of benzene rings is 1. The van der Waals surface area contributed by atoms with Crippen molar-refractivity contribution in [1.29, 1.82) is 0 Å². The van der Waals surface area contributed by atoms with E-state index in [-0.39, 0.29) is 28.0 Å². The van der Waals surface area contributed by atoms with Gasteiger partial charge in [0.25, 0.3) is 5.91 Å². The van der Waals surface area contributed by atoms with Crippen LogP contribution in [0.4, 0.5) is 21.5 Å². The van der Waals surface area contributed by atoms with Gasteiger partial charge in [0.1, 0.15) is 0 Å². The highest BCUT2D eigenvalue weighted by molar-refractivity contribution is 7.19. The van der Waals surface area contributed by atoms with Crippen LogP contribution in [0, 0.1) is 11.8 Å². The predicted molar refractivity (Wildman–Crippen MR) is 116 cm³/mol. The van der Waals surface area contributed by atoms with Gasteiger partial charge in [-0.3, -0.25) is 19.7 Å². The van der Waals surface area contributed by atoms with E-state index in [1.165, 1.54) is 6.92 Å². The van der Waals surface area contributed by atoms with Crippen LogP contribution in [0.5, 0.6) is 0 Å². The van der Waals surface area contributed by atoms with Crippen molar-refractivity contribution in [3.05, 3.63) is 34.4 Å². The molecule has 0 saturated carbocycles. The molecule has 11 heteroatoms. The molecule has 1 heterocycles. The van der Waals surface area contributed by atoms with E-state index in [0.717, 1.165) is 24.2 Å². The van der Waals surface area contributed by atoms with Gasteiger partial charge in [0.2, 0.25) is 5.91 Å². The molecule has 0 fully saturated rings. The molecule has 0 spiro atoms. The maximum Gasteiger partial charge on any atom is 0.303 e. The summed E-state index contributed by atoms with van der Waals surface area (Å²) in [6, 6.07) is 4.94. The highest BCUT2D eigenvalue weighted by atomic mass is 32.1. The standard InChI is InChI=1S/C19H23N5O5S/c1-11-18(24-29)30-19(21-11)23-17(28)14-8-7-13(10-15(14)22-12(2)25)20-9-5-3-4-6-16(26)27/h7-8,10,20H,3-6,9H2,1-2H3,(H,22,25)(H,26,27)(H,21,23,28). The third-order valence-corrected chi connectivity index (χ3v) is 5.00. The number of carboxylic acid groups (broad SMARTS) is 1. The second kappa shape index (κ2) is 11.0. The van der Waals surface area contributed by atoms with Gasteiger partial charge < -0.3 is 15.7 Å². The number of hydrogen-bond acceptors (Lipinski definition) is 8. The minimum absolute atomic E-state index is 0.152. The smallest absolute Gasteiger partial charge is 0.303 e. The van der Waals surface area contributed by atoms with Crippen LogP contribution >= 0.6 is 11.3 Å². The number of carboxylic acids is 1. The van der Waals surface area contributed by atoms with E-state index in [9.17, 15) is 19.3 Å². The highest BCUT2D eigenvalue weighted by Crippen LogP contribution is 2.31. The molecule has 0 aliphatic carbocycles. The number of carbonyl (C=O) groups excluding carboxylic acids is 2. The van der Waals surface area contributed by atoms with Crippen molar-refractivity contribution in [2.45, 2.75) is 39.5 Å². The first-order valence-corrected chi connectivity index (χ1v) is 10.1. The minimum Gasteiger partial charge on any atom is -0.481 e. The van der Waals surface area contributed by atoms with Crippen LogP contribution in [-0.4, -0.2) is 34.4 Å². The molecule has 4 N–H and O–H groups in total. The molecule has 0 saturated heterocycles. The van der Waals surface area contributed by atoms with E-state index in [1.54, 1.807) is 25.1 Å². The molecule has 0 aliphatic rings. The second-order valence-corrected chi connectivity index (χ2v) is 7.51. The first-order valence-electron chi connectivity index (χ1n) is 9.29. The summed E-state index contributed by atoms with van der Waals surface area (Å²) in [5, 5.41) is 20.4. The number of thiazole rings is 1. The zero-order chi connectivity index (χ0) is 22.1. The van der Waals surface area contributed by atoms with Crippen LogP contribution in [0.1, 0.15) is 48.7 Å². The van der Waals surface area contributed by atoms with Gasteiger partial charge in [0.15, 0.2) is 10.1 Å². The Morgan fingerprint density at radius 1 is 1.17 bits per heavy atom. The number of amides is 2. The number of nitrogens with zero attached hydrogens (tertiary/aromatic N) is 2. The lowest BCUT2D eigenvalue weighted by Gasteiger charge is -2.13. The molecule has 0 unspecified atom stereocenters. The number of anilines is 3. The van der Waals surface area contributed by atoms with E-state index in [2.05, 4.69) is 26.1 Å². The first kappa shape index (κ1) is 22.9. The monoisotopic (exact) mass is 433 g/mol. The fraction of sp³-hybridized carbons (Fsp3) is 0.368. The molecule has 1 aromatic carbocycles. The lowest BCUT2D eigenvalue weighted by molar-refractivity contribution is -0.137. The number of unbranched alkanes of at least 4 members (excludes halogenated alkanes) is 2. The fourth-order valence-corrected chi connectivity index (χ4v) is 3.39. The Hall–Kier alpha value is -3.34. The van der Waals surface area contributed by atoms with Gasteiger partial charge in [0, 0.05) is 25.6 Å². The van der Waals surface area contributed by atoms with Crippen molar-refractivity contribution in [2.24, 2.45) is 5.18 Å². The molecule has 160 valence electrons. The van der Waals surface area contributed by atoms with E-state index < -0.39 is 11.9 Å². The van der Waals surface area contributed by atoms with Crippen molar-refractivity contribution in [2.75, 3.05) is 22.5 Å². The third kappa shape index (κ3) is 6.92. The molecule has 0 bridgehead atoms. The predicted octanol–water partition coefficient (Wildman–Crippen LogP) is 4.12. The lowest BCUT2D eigenvalue weighted by Crippen LogP contribution is -2.17. The molecule has 0 atom stereocenters. The molecule has 0 radical (unpaired) electrons. The highest BCUT2D eigenvalue weighted by Gasteiger charge is 2.16. The average molecular weight is 433 g/mol. The van der Waals surface area contributed by atoms with Crippen LogP contribution in [-0.2, 0) is 9.59 Å². The van der Waals surface area contributed by atoms with Crippen molar-refractivity contribution < 1.29 is 19.5 Å². The Morgan fingerprint density at radius 3 is 2.57 bits per heavy atom. The van der Waals surface area contributed by atoms with Crippen molar-refractivity contribution in [1.82, 2.24) is 4.98 Å². The van der Waals surface area contributed by atoms with Crippen molar-refractivity contribution in [3.63, 3.8) is 0 Å². The zero-order valence-corrected chi connectivity index (χ0v) is 17.5. The maximum absolute atomic E-state index is 12.7. The van der Waals surface area contributed by atoms with E-state index in [0.29, 0.717) is 30.0 Å². The number of rotatable bonds is 11. The van der Waals surface area contributed by atoms with Gasteiger partial charge in [0.05, 0.1) is 16.9 Å². The van der Waals surface area contributed by atoms with E-state index in [1.807, 2.05) is 0 Å². The van der Waals surface area contributed by atoms with E-state index in [4.69, 9.17) is 5.11 Å². The minimum atomic E-state index is -0.802. The SMILES string of the molecule is CC(=O)Nc1cc(NCCCCCC(=O)O)ccc1C(=O)Nc1nc(C)c(N=O)s1. The normalized spacial score (nSPS) is 10.3. The number of hydrogen-bond donors (Lipinski definition) is 4. The molecule has 2 amide bonds. The van der Waals surface area contributed by atoms with Crippen LogP contribution in [0.15, 0.2) is 23.4 Å². The maximum atomic E-state index is 12.7. The molecular weight excluding hydrogens is 410 g/mol. The van der Waals surface area contributed by atoms with Gasteiger partial charge in [-0.05, 0) is 43.1 Å². The Bertz CT molecular complexity index is 943. The van der Waals surface area contributed by atoms with Crippen LogP contribution in [0.25, 0.3) is 0 Å². The number of aromatic nitrogens is 1.